The van der Waals surface area contributed by atoms with E-state index in [1.54, 1.807) is 11.3 Å². The fourth-order valence-electron chi connectivity index (χ4n) is 2.17. The molecule has 3 nitrogen and oxygen atoms in total. The van der Waals surface area contributed by atoms with Crippen molar-refractivity contribution in [3.05, 3.63) is 5.01 Å². The van der Waals surface area contributed by atoms with Gasteiger partial charge in [-0.25, -0.2) is 0 Å². The lowest BCUT2D eigenvalue weighted by molar-refractivity contribution is 0.444. The molecular formula is C10H16ClN3S. The van der Waals surface area contributed by atoms with Gasteiger partial charge in [0.05, 0.1) is 0 Å². The first-order chi connectivity index (χ1) is 7.29. The molecule has 1 aliphatic rings. The number of aryl methyl sites for hydroxylation is 1. The van der Waals surface area contributed by atoms with Crippen LogP contribution in [0, 0.1) is 18.8 Å². The van der Waals surface area contributed by atoms with Crippen molar-refractivity contribution in [1.29, 1.82) is 0 Å². The molecule has 2 atom stereocenters. The van der Waals surface area contributed by atoms with Gasteiger partial charge in [0.1, 0.15) is 5.01 Å². The molecule has 0 spiro atoms. The average molecular weight is 246 g/mol. The number of rotatable bonds is 4. The summed E-state index contributed by atoms with van der Waals surface area (Å²) in [6.07, 6.45) is 3.89. The zero-order valence-corrected chi connectivity index (χ0v) is 10.4. The van der Waals surface area contributed by atoms with Gasteiger partial charge in [0.25, 0.3) is 0 Å². The van der Waals surface area contributed by atoms with Crippen LogP contribution in [0.5, 0.6) is 0 Å². The average Bonchev–Trinajstić information content (AvgIpc) is 2.83. The first kappa shape index (κ1) is 11.1. The van der Waals surface area contributed by atoms with Crippen molar-refractivity contribution >= 4 is 28.1 Å². The van der Waals surface area contributed by atoms with E-state index in [9.17, 15) is 0 Å². The van der Waals surface area contributed by atoms with E-state index >= 15 is 0 Å². The molecule has 2 unspecified atom stereocenters. The Morgan fingerprint density at radius 2 is 2.20 bits per heavy atom. The van der Waals surface area contributed by atoms with Crippen LogP contribution >= 0.6 is 22.9 Å². The molecule has 15 heavy (non-hydrogen) atoms. The van der Waals surface area contributed by atoms with Crippen molar-refractivity contribution in [2.75, 3.05) is 17.7 Å². The number of hydrogen-bond donors (Lipinski definition) is 1. The van der Waals surface area contributed by atoms with Crippen LogP contribution in [0.2, 0.25) is 0 Å². The monoisotopic (exact) mass is 245 g/mol. The van der Waals surface area contributed by atoms with Crippen LogP contribution in [-0.4, -0.2) is 22.6 Å². The number of alkyl halides is 1. The predicted molar refractivity (Wildman–Crippen MR) is 64.7 cm³/mol. The maximum absolute atomic E-state index is 5.94. The van der Waals surface area contributed by atoms with E-state index in [4.69, 9.17) is 11.6 Å². The first-order valence-corrected chi connectivity index (χ1v) is 6.74. The largest absolute Gasteiger partial charge is 0.360 e. The highest BCUT2D eigenvalue weighted by atomic mass is 35.5. The highest BCUT2D eigenvalue weighted by Crippen LogP contribution is 2.32. The third kappa shape index (κ3) is 2.82. The summed E-state index contributed by atoms with van der Waals surface area (Å²) < 4.78 is 0. The number of hydrogen-bond acceptors (Lipinski definition) is 4. The van der Waals surface area contributed by atoms with Crippen molar-refractivity contribution in [3.8, 4) is 0 Å². The molecular weight excluding hydrogens is 230 g/mol. The van der Waals surface area contributed by atoms with Crippen LogP contribution in [-0.2, 0) is 0 Å². The summed E-state index contributed by atoms with van der Waals surface area (Å²) in [7, 11) is 0. The van der Waals surface area contributed by atoms with Gasteiger partial charge in [0.15, 0.2) is 0 Å². The zero-order valence-electron chi connectivity index (χ0n) is 8.87. The Kier molecular flexibility index (Phi) is 3.81. The number of halogens is 1. The van der Waals surface area contributed by atoms with E-state index < -0.39 is 0 Å². The topological polar surface area (TPSA) is 37.8 Å². The Labute approximate surface area is 99.2 Å². The summed E-state index contributed by atoms with van der Waals surface area (Å²) in [6, 6.07) is 0. The van der Waals surface area contributed by atoms with E-state index in [-0.39, 0.29) is 0 Å². The number of anilines is 1. The van der Waals surface area contributed by atoms with Gasteiger partial charge < -0.3 is 5.32 Å². The van der Waals surface area contributed by atoms with Crippen LogP contribution in [0.3, 0.4) is 0 Å². The molecule has 0 saturated heterocycles. The second-order valence-electron chi connectivity index (χ2n) is 4.11. The summed E-state index contributed by atoms with van der Waals surface area (Å²) in [5, 5.41) is 13.3. The van der Waals surface area contributed by atoms with E-state index in [1.165, 1.54) is 19.3 Å². The lowest BCUT2D eigenvalue weighted by Crippen LogP contribution is -2.19. The van der Waals surface area contributed by atoms with Gasteiger partial charge >= 0.3 is 0 Å². The Morgan fingerprint density at radius 1 is 1.40 bits per heavy atom. The second kappa shape index (κ2) is 5.12. The van der Waals surface area contributed by atoms with Gasteiger partial charge in [-0.2, -0.15) is 0 Å². The van der Waals surface area contributed by atoms with Crippen LogP contribution in [0.1, 0.15) is 24.3 Å². The van der Waals surface area contributed by atoms with Crippen LogP contribution < -0.4 is 5.32 Å². The second-order valence-corrected chi connectivity index (χ2v) is 5.60. The van der Waals surface area contributed by atoms with Crippen molar-refractivity contribution in [2.45, 2.75) is 26.2 Å². The van der Waals surface area contributed by atoms with E-state index in [1.807, 2.05) is 6.92 Å². The van der Waals surface area contributed by atoms with E-state index in [2.05, 4.69) is 15.5 Å². The quantitative estimate of drug-likeness (QED) is 0.829. The first-order valence-electron chi connectivity index (χ1n) is 5.39. The standard InChI is InChI=1S/C10H16ClN3S/c1-7-13-14-10(15-7)12-6-9-4-2-3-8(9)5-11/h8-9H,2-6H2,1H3,(H,12,14). The Balaban J connectivity index is 1.82. The normalized spacial score (nSPS) is 25.7. The van der Waals surface area contributed by atoms with E-state index in [0.29, 0.717) is 11.8 Å². The minimum Gasteiger partial charge on any atom is -0.360 e. The minimum atomic E-state index is 0.688. The highest BCUT2D eigenvalue weighted by molar-refractivity contribution is 7.15. The molecule has 1 fully saturated rings. The summed E-state index contributed by atoms with van der Waals surface area (Å²) in [6.45, 7) is 2.96. The van der Waals surface area contributed by atoms with Gasteiger partial charge in [-0.15, -0.1) is 21.8 Å². The van der Waals surface area contributed by atoms with Gasteiger partial charge in [-0.1, -0.05) is 17.8 Å². The predicted octanol–water partition coefficient (Wildman–Crippen LogP) is 2.91. The lowest BCUT2D eigenvalue weighted by atomic mass is 9.98. The Bertz CT molecular complexity index is 315. The molecule has 0 bridgehead atoms. The minimum absolute atomic E-state index is 0.688. The molecule has 0 aliphatic heterocycles. The smallest absolute Gasteiger partial charge is 0.205 e. The number of aromatic nitrogens is 2. The molecule has 1 aromatic heterocycles. The molecule has 1 aliphatic carbocycles. The van der Waals surface area contributed by atoms with Gasteiger partial charge in [0.2, 0.25) is 5.13 Å². The maximum atomic E-state index is 5.94. The molecule has 1 aromatic rings. The van der Waals surface area contributed by atoms with Gasteiger partial charge in [-0.05, 0) is 31.6 Å². The SMILES string of the molecule is Cc1nnc(NCC2CCCC2CCl)s1. The fourth-order valence-corrected chi connectivity index (χ4v) is 3.18. The molecule has 84 valence electrons. The number of nitrogens with zero attached hydrogens (tertiary/aromatic N) is 2. The van der Waals surface area contributed by atoms with Crippen molar-refractivity contribution in [1.82, 2.24) is 10.2 Å². The summed E-state index contributed by atoms with van der Waals surface area (Å²) in [5.41, 5.74) is 0. The third-order valence-corrected chi connectivity index (χ3v) is 4.25. The van der Waals surface area contributed by atoms with Crippen molar-refractivity contribution < 1.29 is 0 Å². The molecule has 1 saturated carbocycles. The zero-order chi connectivity index (χ0) is 10.7. The molecule has 1 N–H and O–H groups in total. The molecule has 1 heterocycles. The third-order valence-electron chi connectivity index (χ3n) is 3.06. The Hall–Kier alpha value is -0.350. The van der Waals surface area contributed by atoms with Crippen molar-refractivity contribution in [2.24, 2.45) is 11.8 Å². The molecule has 5 heteroatoms. The van der Waals surface area contributed by atoms with Crippen LogP contribution in [0.15, 0.2) is 0 Å². The molecule has 0 aromatic carbocycles. The molecule has 2 rings (SSSR count). The van der Waals surface area contributed by atoms with E-state index in [0.717, 1.165) is 22.6 Å². The van der Waals surface area contributed by atoms with Crippen LogP contribution in [0.4, 0.5) is 5.13 Å². The molecule has 0 amide bonds. The fraction of sp³-hybridized carbons (Fsp3) is 0.800. The summed E-state index contributed by atoms with van der Waals surface area (Å²) >= 11 is 7.55. The van der Waals surface area contributed by atoms with Gasteiger partial charge in [-0.3, -0.25) is 0 Å². The van der Waals surface area contributed by atoms with Crippen molar-refractivity contribution in [3.63, 3.8) is 0 Å². The van der Waals surface area contributed by atoms with Crippen LogP contribution in [0.25, 0.3) is 0 Å². The summed E-state index contributed by atoms with van der Waals surface area (Å²) in [4.78, 5) is 0. The Morgan fingerprint density at radius 3 is 2.87 bits per heavy atom. The number of nitrogens with one attached hydrogen (secondary N) is 1. The van der Waals surface area contributed by atoms with Gasteiger partial charge in [0, 0.05) is 12.4 Å². The maximum Gasteiger partial charge on any atom is 0.205 e. The highest BCUT2D eigenvalue weighted by Gasteiger charge is 2.26. The summed E-state index contributed by atoms with van der Waals surface area (Å²) in [5.74, 6) is 2.20. The molecule has 0 radical (unpaired) electrons. The lowest BCUT2D eigenvalue weighted by Gasteiger charge is -2.16.